The second-order valence-electron chi connectivity index (χ2n) is 11.9. The summed E-state index contributed by atoms with van der Waals surface area (Å²) in [5.41, 5.74) is 3.55. The zero-order valence-corrected chi connectivity index (χ0v) is 24.5. The summed E-state index contributed by atoms with van der Waals surface area (Å²) < 4.78 is 57.9. The third-order valence-electron chi connectivity index (χ3n) is 9.10. The number of fused-ring (bicyclic) bond motifs is 1. The molecule has 6 rings (SSSR count). The molecule has 3 aliphatic rings. The number of carbonyl (C=O) groups excluding carboxylic acids is 1. The molecule has 1 saturated carbocycles. The molecule has 3 heterocycles. The molecule has 2 aromatic carbocycles. The van der Waals surface area contributed by atoms with Gasteiger partial charge in [-0.1, -0.05) is 0 Å². The van der Waals surface area contributed by atoms with E-state index < -0.39 is 15.9 Å². The zero-order valence-electron chi connectivity index (χ0n) is 23.7. The molecule has 2 aliphatic heterocycles. The summed E-state index contributed by atoms with van der Waals surface area (Å²) in [6.45, 7) is 1.49. The minimum atomic E-state index is -3.85. The maximum Gasteiger partial charge on any atom is 0.255 e. The third kappa shape index (κ3) is 5.71. The molecule has 12 heteroatoms. The fourth-order valence-electron chi connectivity index (χ4n) is 6.27. The van der Waals surface area contributed by atoms with Crippen LogP contribution in [0.4, 0.5) is 25.8 Å². The Morgan fingerprint density at radius 2 is 1.60 bits per heavy atom. The summed E-state index contributed by atoms with van der Waals surface area (Å²) in [7, 11) is -1.96. The molecule has 1 spiro atoms. The number of benzene rings is 2. The standard InChI is InChI=1S/C30H37F2N5O4S/c1-35-12-4-21-18-22(19-26(27(21)35)37-15-9-30(31,32)10-16-37)28(39)34-24-3-2-23(42(40,41)33-11-17-38)20-25(24)36-13-7-29(5-6-29)8-14-36/h2-4,12,18-20,33,38H,5-11,13-17H2,1H3,(H,34,39). The van der Waals surface area contributed by atoms with Crippen LogP contribution in [0, 0.1) is 5.41 Å². The Bertz CT molecular complexity index is 1600. The number of aliphatic hydroxyl groups is 1. The topological polar surface area (TPSA) is 107 Å². The van der Waals surface area contributed by atoms with E-state index in [4.69, 9.17) is 5.11 Å². The fraction of sp³-hybridized carbons (Fsp3) is 0.500. The fourth-order valence-corrected chi connectivity index (χ4v) is 7.31. The van der Waals surface area contributed by atoms with E-state index in [0.717, 1.165) is 42.5 Å². The second-order valence-corrected chi connectivity index (χ2v) is 13.7. The number of nitrogens with one attached hydrogen (secondary N) is 2. The summed E-state index contributed by atoms with van der Waals surface area (Å²) in [6.07, 6.45) is 5.90. The number of hydrogen-bond acceptors (Lipinski definition) is 6. The van der Waals surface area contributed by atoms with Crippen LogP contribution in [0.3, 0.4) is 0 Å². The average Bonchev–Trinajstić information content (AvgIpc) is 3.62. The van der Waals surface area contributed by atoms with E-state index >= 15 is 0 Å². The molecule has 9 nitrogen and oxygen atoms in total. The van der Waals surface area contributed by atoms with Crippen molar-refractivity contribution in [2.45, 2.75) is 49.3 Å². The first-order valence-electron chi connectivity index (χ1n) is 14.5. The molecule has 42 heavy (non-hydrogen) atoms. The van der Waals surface area contributed by atoms with Crippen LogP contribution in [-0.4, -0.2) is 69.3 Å². The number of amides is 1. The van der Waals surface area contributed by atoms with Crippen molar-refractivity contribution in [1.29, 1.82) is 0 Å². The second kappa shape index (κ2) is 10.8. The number of carbonyl (C=O) groups is 1. The average molecular weight is 602 g/mol. The lowest BCUT2D eigenvalue weighted by Crippen LogP contribution is -2.39. The maximum absolute atomic E-state index is 13.9. The number of hydrogen-bond donors (Lipinski definition) is 3. The molecule has 0 atom stereocenters. The van der Waals surface area contributed by atoms with Crippen molar-refractivity contribution in [2.75, 3.05) is 54.4 Å². The molecular formula is C30H37F2N5O4S. The molecular weight excluding hydrogens is 564 g/mol. The van der Waals surface area contributed by atoms with Crippen molar-refractivity contribution >= 4 is 43.9 Å². The summed E-state index contributed by atoms with van der Waals surface area (Å²) in [5.74, 6) is -3.05. The quantitative estimate of drug-likeness (QED) is 0.355. The highest BCUT2D eigenvalue weighted by molar-refractivity contribution is 7.89. The van der Waals surface area contributed by atoms with E-state index in [0.29, 0.717) is 22.4 Å². The van der Waals surface area contributed by atoms with Gasteiger partial charge in [0.25, 0.3) is 11.8 Å². The number of alkyl halides is 2. The van der Waals surface area contributed by atoms with Gasteiger partial charge in [-0.3, -0.25) is 4.79 Å². The van der Waals surface area contributed by atoms with Crippen LogP contribution in [0.2, 0.25) is 0 Å². The molecule has 3 aromatic rings. The van der Waals surface area contributed by atoms with Gasteiger partial charge >= 0.3 is 0 Å². The van der Waals surface area contributed by atoms with Gasteiger partial charge in [-0.25, -0.2) is 21.9 Å². The number of aromatic nitrogens is 1. The molecule has 0 unspecified atom stereocenters. The van der Waals surface area contributed by atoms with Crippen molar-refractivity contribution in [3.63, 3.8) is 0 Å². The SMILES string of the molecule is Cn1ccc2cc(C(=O)Nc3ccc(S(=O)(=O)NCCO)cc3N3CCC4(CC3)CC4)cc(N3CCC(F)(F)CC3)c21. The van der Waals surface area contributed by atoms with Gasteiger partial charge in [0.1, 0.15) is 0 Å². The Labute approximate surface area is 244 Å². The van der Waals surface area contributed by atoms with Crippen LogP contribution in [-0.2, 0) is 17.1 Å². The van der Waals surface area contributed by atoms with Gasteiger partial charge in [0.15, 0.2) is 0 Å². The van der Waals surface area contributed by atoms with Gasteiger partial charge in [-0.15, -0.1) is 0 Å². The summed E-state index contributed by atoms with van der Waals surface area (Å²) in [6, 6.07) is 10.1. The minimum absolute atomic E-state index is 0.0607. The van der Waals surface area contributed by atoms with Crippen LogP contribution in [0.25, 0.3) is 10.9 Å². The normalized spacial score (nSPS) is 19.8. The first-order valence-corrected chi connectivity index (χ1v) is 16.0. The van der Waals surface area contributed by atoms with Gasteiger partial charge in [0, 0.05) is 69.8 Å². The van der Waals surface area contributed by atoms with Crippen molar-refractivity contribution in [3.05, 3.63) is 48.2 Å². The van der Waals surface area contributed by atoms with Gasteiger partial charge < -0.3 is 24.8 Å². The summed E-state index contributed by atoms with van der Waals surface area (Å²) in [4.78, 5) is 17.8. The lowest BCUT2D eigenvalue weighted by Gasteiger charge is -2.35. The number of aliphatic hydroxyl groups excluding tert-OH is 1. The van der Waals surface area contributed by atoms with E-state index in [9.17, 15) is 22.0 Å². The highest BCUT2D eigenvalue weighted by Crippen LogP contribution is 2.54. The van der Waals surface area contributed by atoms with E-state index in [1.165, 1.54) is 18.9 Å². The van der Waals surface area contributed by atoms with Crippen molar-refractivity contribution in [2.24, 2.45) is 12.5 Å². The molecule has 0 bridgehead atoms. The van der Waals surface area contributed by atoms with Crippen molar-refractivity contribution in [3.8, 4) is 0 Å². The van der Waals surface area contributed by atoms with Gasteiger partial charge in [0.05, 0.1) is 34.1 Å². The number of nitrogens with zero attached hydrogens (tertiary/aromatic N) is 3. The molecule has 1 aromatic heterocycles. The Morgan fingerprint density at radius 3 is 2.26 bits per heavy atom. The zero-order chi connectivity index (χ0) is 29.7. The van der Waals surface area contributed by atoms with E-state index in [-0.39, 0.29) is 49.9 Å². The first kappa shape index (κ1) is 28.9. The summed E-state index contributed by atoms with van der Waals surface area (Å²) in [5, 5.41) is 13.0. The Kier molecular flexibility index (Phi) is 7.43. The van der Waals surface area contributed by atoms with Gasteiger partial charge in [-0.05, 0) is 67.5 Å². The number of sulfonamides is 1. The largest absolute Gasteiger partial charge is 0.395 e. The lowest BCUT2D eigenvalue weighted by molar-refractivity contribution is -0.0220. The van der Waals surface area contributed by atoms with E-state index in [1.54, 1.807) is 24.3 Å². The predicted octanol–water partition coefficient (Wildman–Crippen LogP) is 4.32. The van der Waals surface area contributed by atoms with E-state index in [2.05, 4.69) is 14.9 Å². The Balaban J connectivity index is 1.32. The number of rotatable bonds is 8. The molecule has 2 saturated heterocycles. The van der Waals surface area contributed by atoms with Gasteiger partial charge in [-0.2, -0.15) is 0 Å². The number of anilines is 3. The van der Waals surface area contributed by atoms with Crippen LogP contribution in [0.1, 0.15) is 48.9 Å². The highest BCUT2D eigenvalue weighted by atomic mass is 32.2. The maximum atomic E-state index is 13.9. The summed E-state index contributed by atoms with van der Waals surface area (Å²) >= 11 is 0. The highest BCUT2D eigenvalue weighted by Gasteiger charge is 2.44. The number of halogens is 2. The van der Waals surface area contributed by atoms with Gasteiger partial charge in [0.2, 0.25) is 10.0 Å². The molecule has 1 aliphatic carbocycles. The lowest BCUT2D eigenvalue weighted by atomic mass is 9.93. The number of piperidine rings is 2. The van der Waals surface area contributed by atoms with Crippen molar-refractivity contribution < 1.29 is 27.1 Å². The predicted molar refractivity (Wildman–Crippen MR) is 159 cm³/mol. The van der Waals surface area contributed by atoms with Crippen LogP contribution >= 0.6 is 0 Å². The van der Waals surface area contributed by atoms with Crippen LogP contribution < -0.4 is 19.8 Å². The molecule has 1 amide bonds. The first-order chi connectivity index (χ1) is 20.0. The molecule has 226 valence electrons. The number of aryl methyl sites for hydroxylation is 1. The smallest absolute Gasteiger partial charge is 0.255 e. The van der Waals surface area contributed by atoms with Crippen molar-refractivity contribution in [1.82, 2.24) is 9.29 Å². The van der Waals surface area contributed by atoms with Crippen LogP contribution in [0.15, 0.2) is 47.5 Å². The monoisotopic (exact) mass is 601 g/mol. The Hall–Kier alpha value is -3.22. The third-order valence-corrected chi connectivity index (χ3v) is 10.6. The molecule has 3 fully saturated rings. The molecule has 3 N–H and O–H groups in total. The molecule has 0 radical (unpaired) electrons. The van der Waals surface area contributed by atoms with E-state index in [1.807, 2.05) is 28.8 Å². The van der Waals surface area contributed by atoms with Crippen LogP contribution in [0.5, 0.6) is 0 Å². The Morgan fingerprint density at radius 1 is 0.929 bits per heavy atom. The minimum Gasteiger partial charge on any atom is -0.395 e.